The summed E-state index contributed by atoms with van der Waals surface area (Å²) in [7, 11) is 0. The predicted molar refractivity (Wildman–Crippen MR) is 64.0 cm³/mol. The smallest absolute Gasteiger partial charge is 0.145 e. The number of hydrogen-bond acceptors (Lipinski definition) is 3. The van der Waals surface area contributed by atoms with Crippen molar-refractivity contribution in [2.24, 2.45) is 16.8 Å². The fraction of sp³-hybridized carbons (Fsp3) is 0.417. The number of oxime groups is 1. The van der Waals surface area contributed by atoms with Gasteiger partial charge in [0.25, 0.3) is 0 Å². The molecule has 16 heavy (non-hydrogen) atoms. The minimum atomic E-state index is -0.106. The number of rotatable bonds is 4. The van der Waals surface area contributed by atoms with Crippen LogP contribution in [0.25, 0.3) is 0 Å². The Kier molecular flexibility index (Phi) is 4.17. The van der Waals surface area contributed by atoms with E-state index in [4.69, 9.17) is 15.7 Å². The minimum Gasteiger partial charge on any atom is -0.493 e. The third kappa shape index (κ3) is 3.46. The van der Waals surface area contributed by atoms with Gasteiger partial charge in [0.15, 0.2) is 0 Å². The van der Waals surface area contributed by atoms with Crippen molar-refractivity contribution in [1.29, 1.82) is 0 Å². The number of aryl methyl sites for hydroxylation is 2. The Balaban J connectivity index is 2.61. The van der Waals surface area contributed by atoms with Crippen LogP contribution in [0.5, 0.6) is 5.75 Å². The molecule has 1 aromatic rings. The van der Waals surface area contributed by atoms with E-state index in [1.807, 2.05) is 32.9 Å². The van der Waals surface area contributed by atoms with Crippen LogP contribution >= 0.6 is 0 Å². The van der Waals surface area contributed by atoms with Crippen LogP contribution in [0.1, 0.15) is 18.1 Å². The van der Waals surface area contributed by atoms with Gasteiger partial charge < -0.3 is 15.7 Å². The SMILES string of the molecule is Cc1cc(C)cc(OCC(C)/C(N)=N/O)c1. The lowest BCUT2D eigenvalue weighted by atomic mass is 10.1. The molecule has 0 aliphatic carbocycles. The van der Waals surface area contributed by atoms with Gasteiger partial charge in [0.2, 0.25) is 0 Å². The number of nitrogens with zero attached hydrogens (tertiary/aromatic N) is 1. The molecule has 1 unspecified atom stereocenters. The summed E-state index contributed by atoms with van der Waals surface area (Å²) in [4.78, 5) is 0. The zero-order chi connectivity index (χ0) is 12.1. The van der Waals surface area contributed by atoms with Crippen LogP contribution in [-0.4, -0.2) is 17.6 Å². The van der Waals surface area contributed by atoms with Crippen molar-refractivity contribution in [3.05, 3.63) is 29.3 Å². The molecule has 0 aliphatic rings. The van der Waals surface area contributed by atoms with Crippen molar-refractivity contribution in [3.63, 3.8) is 0 Å². The van der Waals surface area contributed by atoms with Gasteiger partial charge in [-0.25, -0.2) is 0 Å². The molecule has 4 nitrogen and oxygen atoms in total. The molecular weight excluding hydrogens is 204 g/mol. The summed E-state index contributed by atoms with van der Waals surface area (Å²) in [6.07, 6.45) is 0. The van der Waals surface area contributed by atoms with E-state index in [1.165, 1.54) is 0 Å². The van der Waals surface area contributed by atoms with Crippen LogP contribution in [0.3, 0.4) is 0 Å². The summed E-state index contributed by atoms with van der Waals surface area (Å²) in [5.41, 5.74) is 7.78. The van der Waals surface area contributed by atoms with Crippen LogP contribution in [0.2, 0.25) is 0 Å². The van der Waals surface area contributed by atoms with Gasteiger partial charge in [-0.3, -0.25) is 0 Å². The lowest BCUT2D eigenvalue weighted by Gasteiger charge is -2.12. The molecule has 0 aromatic heterocycles. The minimum absolute atomic E-state index is 0.106. The Morgan fingerprint density at radius 1 is 1.38 bits per heavy atom. The molecule has 0 fully saturated rings. The molecule has 4 heteroatoms. The van der Waals surface area contributed by atoms with Gasteiger partial charge in [-0.05, 0) is 37.1 Å². The van der Waals surface area contributed by atoms with E-state index >= 15 is 0 Å². The molecule has 0 radical (unpaired) electrons. The summed E-state index contributed by atoms with van der Waals surface area (Å²) < 4.78 is 5.58. The van der Waals surface area contributed by atoms with E-state index < -0.39 is 0 Å². The Labute approximate surface area is 95.7 Å². The summed E-state index contributed by atoms with van der Waals surface area (Å²) in [6.45, 7) is 6.29. The van der Waals surface area contributed by atoms with Gasteiger partial charge >= 0.3 is 0 Å². The Morgan fingerprint density at radius 2 is 1.94 bits per heavy atom. The molecule has 0 spiro atoms. The zero-order valence-corrected chi connectivity index (χ0v) is 9.90. The van der Waals surface area contributed by atoms with E-state index in [2.05, 4.69) is 11.2 Å². The molecule has 3 N–H and O–H groups in total. The second-order valence-electron chi connectivity index (χ2n) is 4.06. The lowest BCUT2D eigenvalue weighted by Crippen LogP contribution is -2.26. The van der Waals surface area contributed by atoms with Gasteiger partial charge in [-0.1, -0.05) is 18.1 Å². The van der Waals surface area contributed by atoms with Gasteiger partial charge in [0.1, 0.15) is 11.6 Å². The highest BCUT2D eigenvalue weighted by molar-refractivity contribution is 5.81. The van der Waals surface area contributed by atoms with E-state index in [0.29, 0.717) is 6.61 Å². The first-order valence-electron chi connectivity index (χ1n) is 5.21. The molecule has 1 atom stereocenters. The summed E-state index contributed by atoms with van der Waals surface area (Å²) in [6, 6.07) is 6.01. The highest BCUT2D eigenvalue weighted by atomic mass is 16.5. The third-order valence-corrected chi connectivity index (χ3v) is 2.32. The second kappa shape index (κ2) is 5.39. The first-order chi connectivity index (χ1) is 7.52. The molecule has 1 aromatic carbocycles. The lowest BCUT2D eigenvalue weighted by molar-refractivity contribution is 0.279. The maximum Gasteiger partial charge on any atom is 0.145 e. The van der Waals surface area contributed by atoms with Gasteiger partial charge in [-0.2, -0.15) is 0 Å². The molecule has 0 bridgehead atoms. The molecule has 0 heterocycles. The van der Waals surface area contributed by atoms with Crippen molar-refractivity contribution in [2.75, 3.05) is 6.61 Å². The highest BCUT2D eigenvalue weighted by Gasteiger charge is 2.08. The maximum atomic E-state index is 8.50. The van der Waals surface area contributed by atoms with Crippen molar-refractivity contribution < 1.29 is 9.94 Å². The molecule has 88 valence electrons. The highest BCUT2D eigenvalue weighted by Crippen LogP contribution is 2.16. The topological polar surface area (TPSA) is 67.8 Å². The molecule has 0 saturated carbocycles. The fourth-order valence-corrected chi connectivity index (χ4v) is 1.42. The van der Waals surface area contributed by atoms with Gasteiger partial charge in [0, 0.05) is 0 Å². The average molecular weight is 222 g/mol. The third-order valence-electron chi connectivity index (χ3n) is 2.32. The zero-order valence-electron chi connectivity index (χ0n) is 9.90. The van der Waals surface area contributed by atoms with Crippen LogP contribution < -0.4 is 10.5 Å². The van der Waals surface area contributed by atoms with Gasteiger partial charge in [0.05, 0.1) is 12.5 Å². The van der Waals surface area contributed by atoms with Crippen LogP contribution in [0.4, 0.5) is 0 Å². The maximum absolute atomic E-state index is 8.50. The van der Waals surface area contributed by atoms with Crippen molar-refractivity contribution in [3.8, 4) is 5.75 Å². The molecular formula is C12H18N2O2. The second-order valence-corrected chi connectivity index (χ2v) is 4.06. The molecule has 0 aliphatic heterocycles. The number of ether oxygens (including phenoxy) is 1. The summed E-state index contributed by atoms with van der Waals surface area (Å²) >= 11 is 0. The van der Waals surface area contributed by atoms with E-state index in [1.54, 1.807) is 0 Å². The van der Waals surface area contributed by atoms with E-state index in [-0.39, 0.29) is 11.8 Å². The van der Waals surface area contributed by atoms with E-state index in [9.17, 15) is 0 Å². The number of amidine groups is 1. The summed E-state index contributed by atoms with van der Waals surface area (Å²) in [5, 5.41) is 11.4. The standard InChI is InChI=1S/C12H18N2O2/c1-8-4-9(2)6-11(5-8)16-7-10(3)12(13)14-15/h4-6,10,15H,7H2,1-3H3,(H2,13,14). The number of hydrogen-bond donors (Lipinski definition) is 2. The Hall–Kier alpha value is -1.71. The Morgan fingerprint density at radius 3 is 2.44 bits per heavy atom. The molecule has 0 amide bonds. The van der Waals surface area contributed by atoms with Crippen molar-refractivity contribution in [1.82, 2.24) is 0 Å². The van der Waals surface area contributed by atoms with Crippen LogP contribution in [-0.2, 0) is 0 Å². The van der Waals surface area contributed by atoms with Crippen molar-refractivity contribution in [2.45, 2.75) is 20.8 Å². The number of nitrogens with two attached hydrogens (primary N) is 1. The predicted octanol–water partition coefficient (Wildman–Crippen LogP) is 2.06. The fourth-order valence-electron chi connectivity index (χ4n) is 1.42. The largest absolute Gasteiger partial charge is 0.493 e. The van der Waals surface area contributed by atoms with Crippen LogP contribution in [0.15, 0.2) is 23.4 Å². The van der Waals surface area contributed by atoms with Crippen molar-refractivity contribution >= 4 is 5.84 Å². The summed E-state index contributed by atoms with van der Waals surface area (Å²) in [5.74, 6) is 0.894. The number of benzene rings is 1. The molecule has 0 saturated heterocycles. The average Bonchev–Trinajstić information content (AvgIpc) is 2.23. The molecule has 1 rings (SSSR count). The van der Waals surface area contributed by atoms with Crippen LogP contribution in [0, 0.1) is 19.8 Å². The first-order valence-corrected chi connectivity index (χ1v) is 5.21. The monoisotopic (exact) mass is 222 g/mol. The quantitative estimate of drug-likeness (QED) is 0.354. The van der Waals surface area contributed by atoms with E-state index in [0.717, 1.165) is 16.9 Å². The van der Waals surface area contributed by atoms with Gasteiger partial charge in [-0.15, -0.1) is 0 Å². The Bertz CT molecular complexity index is 368. The normalized spacial score (nSPS) is 13.6. The first kappa shape index (κ1) is 12.4.